The summed E-state index contributed by atoms with van der Waals surface area (Å²) in [5.74, 6) is 0.863. The van der Waals surface area contributed by atoms with Gasteiger partial charge in [0.15, 0.2) is 5.69 Å². The molecule has 1 aliphatic heterocycles. The van der Waals surface area contributed by atoms with Crippen molar-refractivity contribution in [3.8, 4) is 23.1 Å². The van der Waals surface area contributed by atoms with Crippen LogP contribution in [0.1, 0.15) is 31.5 Å². The molecule has 0 bridgehead atoms. The Morgan fingerprint density at radius 3 is 2.56 bits per heavy atom. The Hall–Kier alpha value is -3.06. The average molecular weight is 464 g/mol. The van der Waals surface area contributed by atoms with Gasteiger partial charge in [0.2, 0.25) is 0 Å². The first-order chi connectivity index (χ1) is 16.2. The molecule has 1 fully saturated rings. The SMILES string of the molecule is Cc1cc(-c2cc3c(nnn3C)c(C#N)n2)ccc1OCCCN1CCN(CC(C)(C)O)CC1. The zero-order chi connectivity index (χ0) is 24.3. The summed E-state index contributed by atoms with van der Waals surface area (Å²) < 4.78 is 7.71. The van der Waals surface area contributed by atoms with Gasteiger partial charge in [-0.1, -0.05) is 5.21 Å². The normalized spacial score (nSPS) is 15.5. The van der Waals surface area contributed by atoms with E-state index in [0.29, 0.717) is 17.8 Å². The van der Waals surface area contributed by atoms with Gasteiger partial charge in [0.1, 0.15) is 17.3 Å². The molecule has 3 aromatic rings. The van der Waals surface area contributed by atoms with Crippen molar-refractivity contribution in [2.75, 3.05) is 45.9 Å². The van der Waals surface area contributed by atoms with Crippen LogP contribution < -0.4 is 4.74 Å². The zero-order valence-corrected chi connectivity index (χ0v) is 20.5. The van der Waals surface area contributed by atoms with Crippen LogP contribution in [0, 0.1) is 18.3 Å². The van der Waals surface area contributed by atoms with Crippen molar-refractivity contribution in [1.29, 1.82) is 5.26 Å². The summed E-state index contributed by atoms with van der Waals surface area (Å²) in [6, 6.07) is 10.0. The van der Waals surface area contributed by atoms with Gasteiger partial charge < -0.3 is 14.7 Å². The number of ether oxygens (including phenoxy) is 1. The van der Waals surface area contributed by atoms with Gasteiger partial charge in [-0.2, -0.15) is 5.26 Å². The topological polar surface area (TPSA) is 103 Å². The first-order valence-corrected chi connectivity index (χ1v) is 11.7. The van der Waals surface area contributed by atoms with Crippen molar-refractivity contribution in [1.82, 2.24) is 29.8 Å². The molecule has 9 heteroatoms. The minimum atomic E-state index is -0.639. The highest BCUT2D eigenvalue weighted by Crippen LogP contribution is 2.28. The number of benzene rings is 1. The predicted octanol–water partition coefficient (Wildman–Crippen LogP) is 2.37. The first-order valence-electron chi connectivity index (χ1n) is 11.7. The van der Waals surface area contributed by atoms with Crippen LogP contribution in [0.5, 0.6) is 5.75 Å². The molecule has 0 radical (unpaired) electrons. The molecule has 2 aromatic heterocycles. The molecule has 1 aliphatic rings. The number of nitrogens with zero attached hydrogens (tertiary/aromatic N) is 7. The Kier molecular flexibility index (Phi) is 7.12. The van der Waals surface area contributed by atoms with Gasteiger partial charge >= 0.3 is 0 Å². The second kappa shape index (κ2) is 10.1. The third kappa shape index (κ3) is 5.70. The second-order valence-corrected chi connectivity index (χ2v) is 9.66. The molecule has 3 heterocycles. The lowest BCUT2D eigenvalue weighted by Gasteiger charge is -2.37. The van der Waals surface area contributed by atoms with E-state index >= 15 is 0 Å². The maximum absolute atomic E-state index is 10.00. The molecule has 0 saturated carbocycles. The van der Waals surface area contributed by atoms with Gasteiger partial charge in [-0.25, -0.2) is 9.67 Å². The Balaban J connectivity index is 1.30. The fourth-order valence-corrected chi connectivity index (χ4v) is 4.42. The molecule has 0 spiro atoms. The lowest BCUT2D eigenvalue weighted by Crippen LogP contribution is -2.50. The van der Waals surface area contributed by atoms with Gasteiger partial charge in [0.05, 0.1) is 23.4 Å². The van der Waals surface area contributed by atoms with Crippen LogP contribution in [0.2, 0.25) is 0 Å². The third-order valence-corrected chi connectivity index (χ3v) is 6.13. The Labute approximate surface area is 200 Å². The zero-order valence-electron chi connectivity index (χ0n) is 20.5. The van der Waals surface area contributed by atoms with E-state index in [1.807, 2.05) is 45.0 Å². The lowest BCUT2D eigenvalue weighted by molar-refractivity contribution is 0.0173. The number of hydrogen-bond donors (Lipinski definition) is 1. The number of β-amino-alcohol motifs (C(OH)–C–C–N with tert-alkyl or cyclic N) is 1. The quantitative estimate of drug-likeness (QED) is 0.508. The van der Waals surface area contributed by atoms with Crippen LogP contribution in [-0.4, -0.2) is 86.4 Å². The van der Waals surface area contributed by atoms with E-state index in [1.165, 1.54) is 0 Å². The van der Waals surface area contributed by atoms with Crippen molar-refractivity contribution in [3.63, 3.8) is 0 Å². The maximum Gasteiger partial charge on any atom is 0.170 e. The molecule has 0 amide bonds. The Bertz CT molecular complexity index is 1180. The molecule has 1 N–H and O–H groups in total. The average Bonchev–Trinajstić information content (AvgIpc) is 3.17. The second-order valence-electron chi connectivity index (χ2n) is 9.66. The van der Waals surface area contributed by atoms with Gasteiger partial charge in [-0.3, -0.25) is 4.90 Å². The van der Waals surface area contributed by atoms with Crippen molar-refractivity contribution in [3.05, 3.63) is 35.5 Å². The van der Waals surface area contributed by atoms with Crippen LogP contribution in [0.25, 0.3) is 22.3 Å². The summed E-state index contributed by atoms with van der Waals surface area (Å²) in [6.45, 7) is 12.2. The largest absolute Gasteiger partial charge is 0.493 e. The van der Waals surface area contributed by atoms with Crippen LogP contribution in [0.15, 0.2) is 24.3 Å². The predicted molar refractivity (Wildman–Crippen MR) is 130 cm³/mol. The first kappa shape index (κ1) is 24.1. The fraction of sp³-hybridized carbons (Fsp3) is 0.520. The number of aromatic nitrogens is 4. The molecule has 1 aromatic carbocycles. The van der Waals surface area contributed by atoms with Crippen molar-refractivity contribution in [2.45, 2.75) is 32.8 Å². The highest BCUT2D eigenvalue weighted by molar-refractivity contribution is 5.83. The Morgan fingerprint density at radius 2 is 1.88 bits per heavy atom. The molecule has 34 heavy (non-hydrogen) atoms. The molecule has 4 rings (SSSR count). The summed E-state index contributed by atoms with van der Waals surface area (Å²) >= 11 is 0. The van der Waals surface area contributed by atoms with E-state index in [2.05, 4.69) is 31.2 Å². The minimum absolute atomic E-state index is 0.277. The summed E-state index contributed by atoms with van der Waals surface area (Å²) in [5, 5.41) is 27.5. The molecule has 180 valence electrons. The molecular weight excluding hydrogens is 430 g/mol. The molecule has 9 nitrogen and oxygen atoms in total. The molecule has 1 saturated heterocycles. The standard InChI is InChI=1S/C25H33N7O2/c1-18-14-19(20-15-22-24(21(16-26)27-20)28-29-30(22)4)6-7-23(18)34-13-5-8-31-9-11-32(12-10-31)17-25(2,3)33/h6-7,14-15,33H,5,8-13,17H2,1-4H3. The van der Waals surface area contributed by atoms with Crippen LogP contribution >= 0.6 is 0 Å². The number of rotatable bonds is 8. The third-order valence-electron chi connectivity index (χ3n) is 6.13. The number of hydrogen-bond acceptors (Lipinski definition) is 8. The van der Waals surface area contributed by atoms with Crippen LogP contribution in [-0.2, 0) is 7.05 Å². The smallest absolute Gasteiger partial charge is 0.170 e. The highest BCUT2D eigenvalue weighted by atomic mass is 16.5. The number of aryl methyl sites for hydroxylation is 2. The molecular formula is C25H33N7O2. The molecule has 0 aliphatic carbocycles. The van der Waals surface area contributed by atoms with Crippen LogP contribution in [0.3, 0.4) is 0 Å². The summed E-state index contributed by atoms with van der Waals surface area (Å²) in [7, 11) is 1.80. The van der Waals surface area contributed by atoms with E-state index in [0.717, 1.165) is 68.1 Å². The number of piperazine rings is 1. The number of aliphatic hydroxyl groups is 1. The molecule has 0 unspecified atom stereocenters. The van der Waals surface area contributed by atoms with Gasteiger partial charge in [0.25, 0.3) is 0 Å². The van der Waals surface area contributed by atoms with Gasteiger partial charge in [0, 0.05) is 51.9 Å². The maximum atomic E-state index is 10.00. The number of pyridine rings is 1. The highest BCUT2D eigenvalue weighted by Gasteiger charge is 2.22. The van der Waals surface area contributed by atoms with E-state index in [9.17, 15) is 10.4 Å². The Morgan fingerprint density at radius 1 is 1.15 bits per heavy atom. The summed E-state index contributed by atoms with van der Waals surface area (Å²) in [4.78, 5) is 9.27. The van der Waals surface area contributed by atoms with Crippen molar-refractivity contribution >= 4 is 11.0 Å². The number of nitriles is 1. The molecule has 0 atom stereocenters. The van der Waals surface area contributed by atoms with Crippen LogP contribution in [0.4, 0.5) is 0 Å². The monoisotopic (exact) mass is 463 g/mol. The summed E-state index contributed by atoms with van der Waals surface area (Å²) in [6.07, 6.45) is 0.962. The van der Waals surface area contributed by atoms with Crippen molar-refractivity contribution < 1.29 is 9.84 Å². The van der Waals surface area contributed by atoms with E-state index < -0.39 is 5.60 Å². The fourth-order valence-electron chi connectivity index (χ4n) is 4.42. The van der Waals surface area contributed by atoms with Crippen molar-refractivity contribution in [2.24, 2.45) is 7.05 Å². The van der Waals surface area contributed by atoms with E-state index in [-0.39, 0.29) is 5.69 Å². The van der Waals surface area contributed by atoms with Gasteiger partial charge in [-0.05, 0) is 57.0 Å². The van der Waals surface area contributed by atoms with Gasteiger partial charge in [-0.15, -0.1) is 5.10 Å². The van der Waals surface area contributed by atoms with E-state index in [1.54, 1.807) is 11.7 Å². The van der Waals surface area contributed by atoms with E-state index in [4.69, 9.17) is 4.74 Å². The summed E-state index contributed by atoms with van der Waals surface area (Å²) in [5.41, 5.74) is 3.60. The minimum Gasteiger partial charge on any atom is -0.493 e. The number of fused-ring (bicyclic) bond motifs is 1. The lowest BCUT2D eigenvalue weighted by atomic mass is 10.1.